The molecule has 6 heteroatoms. The van der Waals surface area contributed by atoms with Crippen molar-refractivity contribution in [3.05, 3.63) is 63.5 Å². The fourth-order valence-electron chi connectivity index (χ4n) is 2.03. The Kier molecular flexibility index (Phi) is 4.14. The third kappa shape index (κ3) is 2.98. The van der Waals surface area contributed by atoms with E-state index in [9.17, 15) is 5.26 Å². The smallest absolute Gasteiger partial charge is 0.222 e. The monoisotopic (exact) mass is 326 g/mol. The largest absolute Gasteiger partial charge is 0.239 e. The maximum absolute atomic E-state index is 9.45. The number of aromatic nitrogens is 3. The van der Waals surface area contributed by atoms with Crippen LogP contribution in [0, 0.1) is 18.3 Å². The standard InChI is InChI=1S/C16H11ClN4S/c1-10-2-4-11(5-3-10)14-9-22-15(20-14)12(8-18)13-6-7-19-16(17)21-13/h2-7,9,12H,1H3. The number of hydrogen-bond acceptors (Lipinski definition) is 5. The van der Waals surface area contributed by atoms with Crippen LogP contribution in [0.4, 0.5) is 0 Å². The molecule has 0 aliphatic carbocycles. The topological polar surface area (TPSA) is 62.5 Å². The zero-order valence-electron chi connectivity index (χ0n) is 11.7. The van der Waals surface area contributed by atoms with Crippen molar-refractivity contribution in [1.29, 1.82) is 5.26 Å². The van der Waals surface area contributed by atoms with E-state index in [2.05, 4.69) is 21.0 Å². The van der Waals surface area contributed by atoms with Crippen molar-refractivity contribution >= 4 is 22.9 Å². The number of nitriles is 1. The van der Waals surface area contributed by atoms with Gasteiger partial charge in [0.05, 0.1) is 17.5 Å². The fraction of sp³-hybridized carbons (Fsp3) is 0.125. The summed E-state index contributed by atoms with van der Waals surface area (Å²) in [7, 11) is 0. The molecule has 22 heavy (non-hydrogen) atoms. The third-order valence-corrected chi connectivity index (χ3v) is 4.28. The second-order valence-corrected chi connectivity index (χ2v) is 5.98. The molecular formula is C16H11ClN4S. The molecule has 3 rings (SSSR count). The predicted octanol–water partition coefficient (Wildman–Crippen LogP) is 4.22. The lowest BCUT2D eigenvalue weighted by molar-refractivity contribution is 0.931. The minimum Gasteiger partial charge on any atom is -0.239 e. The number of thiazole rings is 1. The predicted molar refractivity (Wildman–Crippen MR) is 86.8 cm³/mol. The van der Waals surface area contributed by atoms with E-state index in [1.54, 1.807) is 12.3 Å². The average molecular weight is 327 g/mol. The van der Waals surface area contributed by atoms with Crippen LogP contribution in [0.5, 0.6) is 0 Å². The SMILES string of the molecule is Cc1ccc(-c2csc(C(C#N)c3ccnc(Cl)n3)n2)cc1. The van der Waals surface area contributed by atoms with Crippen molar-refractivity contribution in [3.63, 3.8) is 0 Å². The van der Waals surface area contributed by atoms with Crippen LogP contribution in [0.3, 0.4) is 0 Å². The van der Waals surface area contributed by atoms with Crippen molar-refractivity contribution in [1.82, 2.24) is 15.0 Å². The lowest BCUT2D eigenvalue weighted by Gasteiger charge is -2.04. The Bertz CT molecular complexity index is 836. The van der Waals surface area contributed by atoms with Crippen LogP contribution in [0.1, 0.15) is 22.2 Å². The Labute approximate surface area is 137 Å². The molecule has 0 spiro atoms. The normalized spacial score (nSPS) is 11.9. The lowest BCUT2D eigenvalue weighted by atomic mass is 10.1. The molecule has 0 amide bonds. The molecule has 0 radical (unpaired) electrons. The molecule has 108 valence electrons. The third-order valence-electron chi connectivity index (χ3n) is 3.19. The van der Waals surface area contributed by atoms with Gasteiger partial charge in [0.2, 0.25) is 5.28 Å². The maximum atomic E-state index is 9.45. The summed E-state index contributed by atoms with van der Waals surface area (Å²) in [5.41, 5.74) is 3.66. The highest BCUT2D eigenvalue weighted by molar-refractivity contribution is 7.10. The van der Waals surface area contributed by atoms with Crippen LogP contribution >= 0.6 is 22.9 Å². The van der Waals surface area contributed by atoms with Crippen molar-refractivity contribution in [2.45, 2.75) is 12.8 Å². The molecule has 1 aromatic carbocycles. The van der Waals surface area contributed by atoms with Crippen LogP contribution in [0.25, 0.3) is 11.3 Å². The quantitative estimate of drug-likeness (QED) is 0.676. The van der Waals surface area contributed by atoms with Crippen molar-refractivity contribution in [2.24, 2.45) is 0 Å². The molecule has 1 unspecified atom stereocenters. The highest BCUT2D eigenvalue weighted by Crippen LogP contribution is 2.29. The van der Waals surface area contributed by atoms with Crippen molar-refractivity contribution in [2.75, 3.05) is 0 Å². The summed E-state index contributed by atoms with van der Waals surface area (Å²) in [6.07, 6.45) is 1.55. The Morgan fingerprint density at radius 2 is 1.95 bits per heavy atom. The molecule has 4 nitrogen and oxygen atoms in total. The van der Waals surface area contributed by atoms with E-state index in [-0.39, 0.29) is 5.28 Å². The molecule has 1 atom stereocenters. The summed E-state index contributed by atoms with van der Waals surface area (Å²) in [5.74, 6) is -0.537. The van der Waals surface area contributed by atoms with E-state index < -0.39 is 5.92 Å². The molecule has 0 bridgehead atoms. The summed E-state index contributed by atoms with van der Waals surface area (Å²) < 4.78 is 0. The highest BCUT2D eigenvalue weighted by Gasteiger charge is 2.19. The molecule has 0 saturated carbocycles. The molecule has 2 aromatic heterocycles. The van der Waals surface area contributed by atoms with Gasteiger partial charge in [0.25, 0.3) is 0 Å². The van der Waals surface area contributed by atoms with E-state index in [0.29, 0.717) is 10.7 Å². The number of rotatable bonds is 3. The van der Waals surface area contributed by atoms with Gasteiger partial charge in [0.1, 0.15) is 10.9 Å². The van der Waals surface area contributed by atoms with Gasteiger partial charge in [-0.05, 0) is 24.6 Å². The van der Waals surface area contributed by atoms with Gasteiger partial charge in [-0.25, -0.2) is 15.0 Å². The van der Waals surface area contributed by atoms with E-state index in [0.717, 1.165) is 11.3 Å². The van der Waals surface area contributed by atoms with Gasteiger partial charge in [-0.15, -0.1) is 11.3 Å². The zero-order valence-corrected chi connectivity index (χ0v) is 13.3. The first kappa shape index (κ1) is 14.6. The first-order chi connectivity index (χ1) is 10.7. The summed E-state index contributed by atoms with van der Waals surface area (Å²) in [5, 5.41) is 12.2. The Hall–Kier alpha value is -2.29. The van der Waals surface area contributed by atoms with Gasteiger partial charge in [-0.3, -0.25) is 0 Å². The minimum atomic E-state index is -0.537. The molecular weight excluding hydrogens is 316 g/mol. The van der Waals surface area contributed by atoms with Crippen molar-refractivity contribution in [3.8, 4) is 17.3 Å². The number of aryl methyl sites for hydroxylation is 1. The summed E-state index contributed by atoms with van der Waals surface area (Å²) >= 11 is 7.25. The number of benzene rings is 1. The average Bonchev–Trinajstić information content (AvgIpc) is 2.98. The van der Waals surface area contributed by atoms with E-state index in [1.165, 1.54) is 16.9 Å². The highest BCUT2D eigenvalue weighted by atomic mass is 35.5. The van der Waals surface area contributed by atoms with Gasteiger partial charge in [-0.1, -0.05) is 29.8 Å². The number of nitrogens with zero attached hydrogens (tertiary/aromatic N) is 4. The zero-order chi connectivity index (χ0) is 15.5. The van der Waals surface area contributed by atoms with Gasteiger partial charge in [0.15, 0.2) is 0 Å². The number of halogens is 1. The van der Waals surface area contributed by atoms with Crippen LogP contribution in [0.15, 0.2) is 41.9 Å². The molecule has 0 N–H and O–H groups in total. The van der Waals surface area contributed by atoms with Crippen LogP contribution in [-0.2, 0) is 0 Å². The molecule has 2 heterocycles. The minimum absolute atomic E-state index is 0.132. The first-order valence-electron chi connectivity index (χ1n) is 6.58. The molecule has 0 aliphatic rings. The summed E-state index contributed by atoms with van der Waals surface area (Å²) in [6.45, 7) is 2.04. The van der Waals surface area contributed by atoms with Crippen LogP contribution in [0.2, 0.25) is 5.28 Å². The van der Waals surface area contributed by atoms with E-state index in [4.69, 9.17) is 11.6 Å². The summed E-state index contributed by atoms with van der Waals surface area (Å²) in [6, 6.07) is 12.1. The molecule has 0 saturated heterocycles. The molecule has 0 aliphatic heterocycles. The molecule has 3 aromatic rings. The first-order valence-corrected chi connectivity index (χ1v) is 7.83. The van der Waals surface area contributed by atoms with E-state index >= 15 is 0 Å². The number of hydrogen-bond donors (Lipinski definition) is 0. The molecule has 0 fully saturated rings. The van der Waals surface area contributed by atoms with Crippen molar-refractivity contribution < 1.29 is 0 Å². The van der Waals surface area contributed by atoms with E-state index in [1.807, 2.05) is 36.6 Å². The lowest BCUT2D eigenvalue weighted by Crippen LogP contribution is -2.01. The van der Waals surface area contributed by atoms with Gasteiger partial charge in [0, 0.05) is 17.1 Å². The van der Waals surface area contributed by atoms with Gasteiger partial charge >= 0.3 is 0 Å². The van der Waals surface area contributed by atoms with Crippen LogP contribution < -0.4 is 0 Å². The Balaban J connectivity index is 1.95. The fourth-order valence-corrected chi connectivity index (χ4v) is 3.07. The maximum Gasteiger partial charge on any atom is 0.222 e. The second-order valence-electron chi connectivity index (χ2n) is 4.75. The second kappa shape index (κ2) is 6.22. The van der Waals surface area contributed by atoms with Gasteiger partial charge in [-0.2, -0.15) is 5.26 Å². The van der Waals surface area contributed by atoms with Crippen LogP contribution in [-0.4, -0.2) is 15.0 Å². The summed E-state index contributed by atoms with van der Waals surface area (Å²) in [4.78, 5) is 12.5. The Morgan fingerprint density at radius 1 is 1.18 bits per heavy atom. The van der Waals surface area contributed by atoms with Gasteiger partial charge < -0.3 is 0 Å². The Morgan fingerprint density at radius 3 is 2.64 bits per heavy atom.